The molecule has 0 bridgehead atoms. The molecule has 0 radical (unpaired) electrons. The number of carbonyl (C=O) groups excluding carboxylic acids is 1. The van der Waals surface area contributed by atoms with Crippen LogP contribution in [0.15, 0.2) is 58.5 Å². The van der Waals surface area contributed by atoms with Crippen molar-refractivity contribution in [2.75, 3.05) is 24.2 Å². The molecule has 0 aliphatic heterocycles. The Hall–Kier alpha value is -2.70. The summed E-state index contributed by atoms with van der Waals surface area (Å²) in [5.41, 5.74) is 0.496. The van der Waals surface area contributed by atoms with Crippen LogP contribution in [0.2, 0.25) is 0 Å². The van der Waals surface area contributed by atoms with Gasteiger partial charge in [0.2, 0.25) is 21.8 Å². The summed E-state index contributed by atoms with van der Waals surface area (Å²) in [6, 6.07) is 12.0. The molecule has 2 aromatic carbocycles. The molecule has 0 fully saturated rings. The van der Waals surface area contributed by atoms with E-state index in [0.717, 1.165) is 11.8 Å². The minimum atomic E-state index is -4.71. The molecule has 1 amide bonds. The highest BCUT2D eigenvalue weighted by Crippen LogP contribution is 2.32. The minimum Gasteiger partial charge on any atom is -0.325 e. The Bertz CT molecular complexity index is 1250. The van der Waals surface area contributed by atoms with Gasteiger partial charge in [-0.05, 0) is 30.3 Å². The molecule has 1 N–H and O–H groups in total. The van der Waals surface area contributed by atoms with E-state index in [2.05, 4.69) is 15.3 Å². The molecule has 0 saturated heterocycles. The van der Waals surface area contributed by atoms with Crippen molar-refractivity contribution in [1.29, 1.82) is 0 Å². The topological polar surface area (TPSA) is 92.3 Å². The number of hydrogen-bond donors (Lipinski definition) is 1. The molecule has 0 unspecified atom stereocenters. The van der Waals surface area contributed by atoms with E-state index in [9.17, 15) is 26.4 Å². The number of hydrogen-bond acceptors (Lipinski definition) is 6. The molecule has 33 heavy (non-hydrogen) atoms. The monoisotopic (exact) mass is 498 g/mol. The summed E-state index contributed by atoms with van der Waals surface area (Å²) in [6.45, 7) is 4.16. The average molecular weight is 499 g/mol. The number of halogens is 3. The van der Waals surface area contributed by atoms with Gasteiger partial charge < -0.3 is 5.32 Å². The van der Waals surface area contributed by atoms with Gasteiger partial charge in [-0.3, -0.25) is 4.79 Å². The number of amides is 1. The second-order valence-corrected chi connectivity index (χ2v) is 9.72. The number of benzene rings is 2. The normalized spacial score (nSPS) is 12.3. The number of alkyl halides is 3. The van der Waals surface area contributed by atoms with Crippen molar-refractivity contribution in [2.45, 2.75) is 29.9 Å². The molecule has 0 aliphatic carbocycles. The maximum Gasteiger partial charge on any atom is 0.451 e. The van der Waals surface area contributed by atoms with E-state index in [1.54, 1.807) is 32.0 Å². The summed E-state index contributed by atoms with van der Waals surface area (Å²) in [5, 5.41) is 3.06. The van der Waals surface area contributed by atoms with Crippen molar-refractivity contribution < 1.29 is 26.4 Å². The first kappa shape index (κ1) is 24.9. The Kier molecular flexibility index (Phi) is 7.60. The maximum absolute atomic E-state index is 13.1. The Balaban J connectivity index is 1.72. The van der Waals surface area contributed by atoms with Crippen molar-refractivity contribution in [1.82, 2.24) is 14.3 Å². The van der Waals surface area contributed by atoms with Gasteiger partial charge in [-0.2, -0.15) is 17.5 Å². The van der Waals surface area contributed by atoms with E-state index in [4.69, 9.17) is 0 Å². The standard InChI is InChI=1S/C21H21F3N4O3S2/c1-3-28(4-2)33(30,31)15-11-9-14(10-12-15)25-18(29)13-32-19-16-7-5-6-8-17(16)26-20(27-19)21(22,23)24/h5-12H,3-4,13H2,1-2H3,(H,25,29). The average Bonchev–Trinajstić information content (AvgIpc) is 2.77. The lowest BCUT2D eigenvalue weighted by Crippen LogP contribution is -2.30. The summed E-state index contributed by atoms with van der Waals surface area (Å²) in [4.78, 5) is 19.6. The third-order valence-corrected chi connectivity index (χ3v) is 7.70. The molecule has 1 aromatic heterocycles. The number of rotatable bonds is 8. The smallest absolute Gasteiger partial charge is 0.325 e. The Morgan fingerprint density at radius 3 is 2.27 bits per heavy atom. The highest BCUT2D eigenvalue weighted by atomic mass is 32.2. The molecule has 3 rings (SSSR count). The van der Waals surface area contributed by atoms with Crippen molar-refractivity contribution >= 4 is 44.3 Å². The van der Waals surface area contributed by atoms with Crippen LogP contribution in [0, 0.1) is 0 Å². The van der Waals surface area contributed by atoms with E-state index in [1.807, 2.05) is 0 Å². The number of nitrogens with zero attached hydrogens (tertiary/aromatic N) is 3. The Labute approximate surface area is 193 Å². The van der Waals surface area contributed by atoms with E-state index in [-0.39, 0.29) is 21.2 Å². The summed E-state index contributed by atoms with van der Waals surface area (Å²) in [6.07, 6.45) is -4.71. The Morgan fingerprint density at radius 2 is 1.67 bits per heavy atom. The predicted octanol–water partition coefficient (Wildman–Crippen LogP) is 4.41. The van der Waals surface area contributed by atoms with Crippen molar-refractivity contribution in [2.24, 2.45) is 0 Å². The van der Waals surface area contributed by atoms with Crippen molar-refractivity contribution in [3.63, 3.8) is 0 Å². The second kappa shape index (κ2) is 10.1. The van der Waals surface area contributed by atoms with Crippen LogP contribution in [0.1, 0.15) is 19.7 Å². The minimum absolute atomic E-state index is 0.0451. The number of anilines is 1. The molecule has 1 heterocycles. The molecule has 3 aromatic rings. The molecule has 0 aliphatic rings. The van der Waals surface area contributed by atoms with Crippen LogP contribution in [0.3, 0.4) is 0 Å². The number of sulfonamides is 1. The van der Waals surface area contributed by atoms with Crippen molar-refractivity contribution in [3.05, 3.63) is 54.4 Å². The number of fused-ring (bicyclic) bond motifs is 1. The van der Waals surface area contributed by atoms with Gasteiger partial charge in [-0.25, -0.2) is 18.4 Å². The fourth-order valence-electron chi connectivity index (χ4n) is 3.04. The van der Waals surface area contributed by atoms with Gasteiger partial charge >= 0.3 is 6.18 Å². The van der Waals surface area contributed by atoms with E-state index in [1.165, 1.54) is 34.6 Å². The van der Waals surface area contributed by atoms with Gasteiger partial charge in [0.25, 0.3) is 0 Å². The Morgan fingerprint density at radius 1 is 1.03 bits per heavy atom. The second-order valence-electron chi connectivity index (χ2n) is 6.82. The summed E-state index contributed by atoms with van der Waals surface area (Å²) < 4.78 is 65.8. The third-order valence-electron chi connectivity index (χ3n) is 4.64. The van der Waals surface area contributed by atoms with E-state index >= 15 is 0 Å². The quantitative estimate of drug-likeness (QED) is 0.365. The van der Waals surface area contributed by atoms with E-state index in [0.29, 0.717) is 24.2 Å². The number of para-hydroxylation sites is 1. The molecule has 0 spiro atoms. The maximum atomic E-state index is 13.1. The molecule has 12 heteroatoms. The fourth-order valence-corrected chi connectivity index (χ4v) is 5.32. The van der Waals surface area contributed by atoms with Gasteiger partial charge in [0, 0.05) is 24.2 Å². The zero-order valence-electron chi connectivity index (χ0n) is 17.8. The SMILES string of the molecule is CCN(CC)S(=O)(=O)c1ccc(NC(=O)CSc2nc(C(F)(F)F)nc3ccccc23)cc1. The molecular formula is C21H21F3N4O3S2. The van der Waals surface area contributed by atoms with Gasteiger partial charge in [0.1, 0.15) is 5.03 Å². The van der Waals surface area contributed by atoms with Crippen LogP contribution in [-0.2, 0) is 21.0 Å². The predicted molar refractivity (Wildman–Crippen MR) is 120 cm³/mol. The van der Waals surface area contributed by atoms with Crippen LogP contribution >= 0.6 is 11.8 Å². The van der Waals surface area contributed by atoms with E-state index < -0.39 is 27.9 Å². The number of carbonyl (C=O) groups is 1. The fraction of sp³-hybridized carbons (Fsp3) is 0.286. The van der Waals surface area contributed by atoms with Gasteiger partial charge in [-0.15, -0.1) is 0 Å². The van der Waals surface area contributed by atoms with Gasteiger partial charge in [0.05, 0.1) is 16.2 Å². The number of aromatic nitrogens is 2. The zero-order valence-corrected chi connectivity index (χ0v) is 19.4. The highest BCUT2D eigenvalue weighted by Gasteiger charge is 2.35. The third kappa shape index (κ3) is 5.81. The number of nitrogens with one attached hydrogen (secondary N) is 1. The first-order chi connectivity index (χ1) is 15.6. The lowest BCUT2D eigenvalue weighted by Gasteiger charge is -2.18. The van der Waals surface area contributed by atoms with Crippen LogP contribution in [0.4, 0.5) is 18.9 Å². The molecular weight excluding hydrogens is 477 g/mol. The molecule has 0 saturated carbocycles. The lowest BCUT2D eigenvalue weighted by molar-refractivity contribution is -0.145. The van der Waals surface area contributed by atoms with Gasteiger partial charge in [0.15, 0.2) is 0 Å². The van der Waals surface area contributed by atoms with Crippen LogP contribution in [-0.4, -0.2) is 47.4 Å². The molecule has 176 valence electrons. The van der Waals surface area contributed by atoms with Gasteiger partial charge in [-0.1, -0.05) is 43.8 Å². The van der Waals surface area contributed by atoms with Crippen molar-refractivity contribution in [3.8, 4) is 0 Å². The summed E-state index contributed by atoms with van der Waals surface area (Å²) >= 11 is 0.859. The number of thioether (sulfide) groups is 1. The summed E-state index contributed by atoms with van der Waals surface area (Å²) in [7, 11) is -3.62. The molecule has 7 nitrogen and oxygen atoms in total. The van der Waals surface area contributed by atoms with Crippen LogP contribution in [0.25, 0.3) is 10.9 Å². The van der Waals surface area contributed by atoms with Crippen LogP contribution < -0.4 is 5.32 Å². The molecule has 0 atom stereocenters. The first-order valence-electron chi connectivity index (χ1n) is 9.93. The highest BCUT2D eigenvalue weighted by molar-refractivity contribution is 8.00. The summed E-state index contributed by atoms with van der Waals surface area (Å²) in [5.74, 6) is -1.94. The first-order valence-corrected chi connectivity index (χ1v) is 12.4. The van der Waals surface area contributed by atoms with Crippen LogP contribution in [0.5, 0.6) is 0 Å². The largest absolute Gasteiger partial charge is 0.451 e. The lowest BCUT2D eigenvalue weighted by atomic mass is 10.2. The zero-order chi connectivity index (χ0) is 24.2.